The number of aromatic nitrogens is 2. The minimum absolute atomic E-state index is 0.0352. The van der Waals surface area contributed by atoms with E-state index < -0.39 is 15.9 Å². The monoisotopic (exact) mass is 861 g/mol. The van der Waals surface area contributed by atoms with Gasteiger partial charge in [0.25, 0.3) is 21.8 Å². The van der Waals surface area contributed by atoms with Crippen LogP contribution < -0.4 is 25.4 Å². The number of sulfonamides is 1. The minimum atomic E-state index is -4.28. The first-order valence-electron chi connectivity index (χ1n) is 20.7. The molecule has 6 aromatic rings. The van der Waals surface area contributed by atoms with Gasteiger partial charge in [0.1, 0.15) is 17.1 Å². The molecule has 9 rings (SSSR count). The van der Waals surface area contributed by atoms with Crippen LogP contribution in [0.4, 0.5) is 17.1 Å². The number of pyridine rings is 1. The lowest BCUT2D eigenvalue weighted by molar-refractivity contribution is -0.253. The molecule has 6 heterocycles. The molecule has 6 N–H and O–H groups in total. The van der Waals surface area contributed by atoms with Gasteiger partial charge in [-0.25, -0.2) is 18.1 Å². The molecule has 0 unspecified atom stereocenters. The number of nitrogens with one attached hydrogen (secondary N) is 3. The summed E-state index contributed by atoms with van der Waals surface area (Å²) in [4.78, 5) is 42.5. The van der Waals surface area contributed by atoms with Crippen LogP contribution in [0.5, 0.6) is 11.5 Å². The summed E-state index contributed by atoms with van der Waals surface area (Å²) in [5, 5.41) is 6.16. The van der Waals surface area contributed by atoms with Crippen LogP contribution in [0, 0.1) is 5.92 Å². The highest BCUT2D eigenvalue weighted by molar-refractivity contribution is 7.90. The third-order valence-corrected chi connectivity index (χ3v) is 14.1. The van der Waals surface area contributed by atoms with E-state index in [4.69, 9.17) is 9.47 Å². The van der Waals surface area contributed by atoms with Gasteiger partial charge in [0.05, 0.1) is 27.2 Å². The summed E-state index contributed by atoms with van der Waals surface area (Å²) in [6, 6.07) is 25.8. The number of carbonyl (C=O) groups excluding carboxylic acids is 2. The number of ether oxygens (including phenoxy) is 2. The summed E-state index contributed by atoms with van der Waals surface area (Å²) in [6.45, 7) is 6.49. The van der Waals surface area contributed by atoms with Crippen LogP contribution in [0.1, 0.15) is 44.0 Å². The van der Waals surface area contributed by atoms with Crippen LogP contribution in [-0.2, 0) is 27.7 Å². The molecule has 3 aliphatic heterocycles. The number of hydrogen-bond donors (Lipinski definition) is 4. The van der Waals surface area contributed by atoms with Crippen molar-refractivity contribution in [3.05, 3.63) is 124 Å². The van der Waals surface area contributed by atoms with Gasteiger partial charge in [0, 0.05) is 94.5 Å². The van der Waals surface area contributed by atoms with Gasteiger partial charge in [0.2, 0.25) is 0 Å². The van der Waals surface area contributed by atoms with Gasteiger partial charge in [-0.05, 0) is 84.2 Å². The number of fused-ring (bicyclic) bond motifs is 2. The Morgan fingerprint density at radius 3 is 2.56 bits per heavy atom. The second kappa shape index (κ2) is 17.7. The molecular weight excluding hydrogens is 813 g/mol. The van der Waals surface area contributed by atoms with Crippen molar-refractivity contribution in [2.45, 2.75) is 36.7 Å². The Bertz CT molecular complexity index is 2640. The average molecular weight is 862 g/mol. The zero-order valence-corrected chi connectivity index (χ0v) is 35.3. The lowest BCUT2D eigenvalue weighted by Gasteiger charge is -2.42. The summed E-state index contributed by atoms with van der Waals surface area (Å²) >= 11 is 1.48. The van der Waals surface area contributed by atoms with Gasteiger partial charge in [-0.15, -0.1) is 11.3 Å². The quantitative estimate of drug-likeness (QED) is 0.121. The van der Waals surface area contributed by atoms with Crippen molar-refractivity contribution in [2.75, 3.05) is 62.7 Å². The Morgan fingerprint density at radius 2 is 1.77 bits per heavy atom. The number of nitrogens with zero attached hydrogens (tertiary/aromatic N) is 4. The van der Waals surface area contributed by atoms with Gasteiger partial charge in [0.15, 0.2) is 5.69 Å². The SMILES string of the molecule is [NH3+]c1cc(S(=O)(=O)NC(=O)c2ccc(N3CCN(C[C@H]4Cc5ccccc5CN4C(=O)c4cccs4)CC3)cc2Oc2cnc3[nH]ccc3c2)ccc1NCC1CCOCC1. The van der Waals surface area contributed by atoms with Crippen molar-refractivity contribution < 1.29 is 33.2 Å². The van der Waals surface area contributed by atoms with Crippen molar-refractivity contribution >= 4 is 61.3 Å². The number of carbonyl (C=O) groups is 2. The van der Waals surface area contributed by atoms with E-state index >= 15 is 0 Å². The number of rotatable bonds is 12. The third-order valence-electron chi connectivity index (χ3n) is 11.9. The fraction of sp³-hybridized carbons (Fsp3) is 0.311. The lowest BCUT2D eigenvalue weighted by atomic mass is 9.93. The van der Waals surface area contributed by atoms with Gasteiger partial charge >= 0.3 is 0 Å². The maximum Gasteiger partial charge on any atom is 0.268 e. The Hall–Kier alpha value is -5.78. The number of thiophene rings is 1. The fourth-order valence-electron chi connectivity index (χ4n) is 8.45. The summed E-state index contributed by atoms with van der Waals surface area (Å²) < 4.78 is 41.4. The zero-order valence-electron chi connectivity index (χ0n) is 33.7. The lowest BCUT2D eigenvalue weighted by Crippen LogP contribution is -2.54. The highest BCUT2D eigenvalue weighted by atomic mass is 32.2. The fourth-order valence-corrected chi connectivity index (χ4v) is 10.1. The van der Waals surface area contributed by atoms with Gasteiger partial charge in [-0.1, -0.05) is 30.3 Å². The van der Waals surface area contributed by atoms with E-state index in [1.165, 1.54) is 34.6 Å². The smallest absolute Gasteiger partial charge is 0.268 e. The van der Waals surface area contributed by atoms with Gasteiger partial charge in [-0.2, -0.15) is 0 Å². The number of quaternary nitrogens is 1. The number of benzene rings is 3. The van der Waals surface area contributed by atoms with E-state index in [-0.39, 0.29) is 28.2 Å². The van der Waals surface area contributed by atoms with E-state index in [1.54, 1.807) is 30.6 Å². The molecule has 316 valence electrons. The van der Waals surface area contributed by atoms with Crippen molar-refractivity contribution in [1.29, 1.82) is 0 Å². The van der Waals surface area contributed by atoms with E-state index in [0.29, 0.717) is 42.6 Å². The Kier molecular flexibility index (Phi) is 11.8. The predicted molar refractivity (Wildman–Crippen MR) is 235 cm³/mol. The average Bonchev–Trinajstić information content (AvgIpc) is 3.99. The second-order valence-corrected chi connectivity index (χ2v) is 18.5. The molecule has 3 aromatic carbocycles. The number of piperazine rings is 1. The molecule has 0 bridgehead atoms. The van der Waals surface area contributed by atoms with Crippen molar-refractivity contribution in [1.82, 2.24) is 24.5 Å². The number of hydrogen-bond acceptors (Lipinski definition) is 11. The molecule has 1 atom stereocenters. The minimum Gasteiger partial charge on any atom is -0.455 e. The Morgan fingerprint density at radius 1 is 0.951 bits per heavy atom. The van der Waals surface area contributed by atoms with Crippen LogP contribution in [0.2, 0.25) is 0 Å². The maximum atomic E-state index is 13.9. The highest BCUT2D eigenvalue weighted by Crippen LogP contribution is 2.33. The summed E-state index contributed by atoms with van der Waals surface area (Å²) in [6.07, 6.45) is 6.08. The summed E-state index contributed by atoms with van der Waals surface area (Å²) in [5.41, 5.74) is 9.38. The third kappa shape index (κ3) is 9.14. The number of amides is 2. The molecule has 2 amide bonds. The maximum absolute atomic E-state index is 13.9. The molecule has 61 heavy (non-hydrogen) atoms. The van der Waals surface area contributed by atoms with Crippen LogP contribution in [-0.4, -0.2) is 98.5 Å². The standard InChI is InChI=1S/C45H48N8O6S2/c46-39-25-37(8-10-40(39)48-26-30-12-19-58-20-13-30)61(56,57)50-44(54)38-9-7-34(24-41(38)59-36-23-32-11-14-47-43(32)49-27-36)52-17-15-51(16-18-52)29-35-22-31-4-1-2-5-33(31)28-53(35)45(55)42-6-3-21-60-42/h1-11,14,21,23-25,27,30,35,48H,12-13,15-20,22,26,28-29,46H2,(H,47,49)(H,50,54)/p+1/t35-/m1/s1. The first-order valence-corrected chi connectivity index (χ1v) is 23.0. The topological polar surface area (TPSA) is 177 Å². The van der Waals surface area contributed by atoms with Gasteiger partial charge < -0.3 is 35.3 Å². The molecule has 0 aliphatic carbocycles. The Balaban J connectivity index is 0.905. The van der Waals surface area contributed by atoms with E-state index in [0.717, 1.165) is 80.3 Å². The normalized spacial score (nSPS) is 17.6. The molecule has 3 aromatic heterocycles. The molecule has 0 radical (unpaired) electrons. The van der Waals surface area contributed by atoms with Gasteiger partial charge in [-0.3, -0.25) is 14.5 Å². The first kappa shape index (κ1) is 40.6. The highest BCUT2D eigenvalue weighted by Gasteiger charge is 2.33. The molecular formula is C45H49N8O6S2+. The van der Waals surface area contributed by atoms with E-state index in [1.807, 2.05) is 46.7 Å². The van der Waals surface area contributed by atoms with E-state index in [2.05, 4.69) is 53.7 Å². The molecule has 14 nitrogen and oxygen atoms in total. The predicted octanol–water partition coefficient (Wildman–Crippen LogP) is 5.64. The van der Waals surface area contributed by atoms with Crippen molar-refractivity contribution in [3.63, 3.8) is 0 Å². The molecule has 0 spiro atoms. The summed E-state index contributed by atoms with van der Waals surface area (Å²) in [7, 11) is -4.28. The van der Waals surface area contributed by atoms with Crippen LogP contribution in [0.25, 0.3) is 11.0 Å². The van der Waals surface area contributed by atoms with Crippen LogP contribution in [0.15, 0.2) is 108 Å². The molecule has 0 saturated carbocycles. The van der Waals surface area contributed by atoms with Crippen LogP contribution >= 0.6 is 11.3 Å². The number of aromatic amines is 1. The molecule has 3 aliphatic rings. The Labute approximate surface area is 358 Å². The summed E-state index contributed by atoms with van der Waals surface area (Å²) in [5.74, 6) is 0.300. The molecule has 16 heteroatoms. The second-order valence-electron chi connectivity index (χ2n) is 15.9. The van der Waals surface area contributed by atoms with Crippen molar-refractivity contribution in [3.8, 4) is 11.5 Å². The van der Waals surface area contributed by atoms with Crippen molar-refractivity contribution in [2.24, 2.45) is 5.92 Å². The number of anilines is 2. The largest absolute Gasteiger partial charge is 0.455 e. The first-order chi connectivity index (χ1) is 29.7. The molecule has 2 saturated heterocycles. The van der Waals surface area contributed by atoms with Crippen LogP contribution in [0.3, 0.4) is 0 Å². The zero-order chi connectivity index (χ0) is 41.9. The molecule has 2 fully saturated rings. The number of H-pyrrole nitrogens is 1. The van der Waals surface area contributed by atoms with E-state index in [9.17, 15) is 18.0 Å².